The minimum absolute atomic E-state index is 0.0159. The van der Waals surface area contributed by atoms with Gasteiger partial charge in [-0.25, -0.2) is 0 Å². The monoisotopic (exact) mass is 396 g/mol. The molecule has 1 unspecified atom stereocenters. The topological polar surface area (TPSA) is 80.5 Å². The Balaban J connectivity index is 1.80. The molecule has 142 valence electrons. The van der Waals surface area contributed by atoms with Crippen LogP contribution in [0.5, 0.6) is 0 Å². The van der Waals surface area contributed by atoms with Gasteiger partial charge >= 0.3 is 0 Å². The molecule has 1 aliphatic heterocycles. The SMILES string of the molecule is O=C1CCCC2=C1C(c1ccc([N+](=O)[O-])cc1)CC(=O)N2c1ccc(Cl)cc1. The standard InChI is InChI=1S/C21H17ClN2O4/c22-14-6-10-15(11-7-14)23-18-2-1-3-19(25)21(18)17(12-20(23)26)13-4-8-16(9-5-13)24(27)28/h4-11,17H,1-3,12H2. The van der Waals surface area contributed by atoms with Crippen molar-refractivity contribution >= 4 is 34.7 Å². The number of nitrogens with zero attached hydrogens (tertiary/aromatic N) is 2. The Morgan fingerprint density at radius 2 is 1.68 bits per heavy atom. The summed E-state index contributed by atoms with van der Waals surface area (Å²) in [5.41, 5.74) is 2.81. The van der Waals surface area contributed by atoms with Crippen molar-refractivity contribution < 1.29 is 14.5 Å². The van der Waals surface area contributed by atoms with Gasteiger partial charge in [0, 0.05) is 52.9 Å². The number of carbonyl (C=O) groups is 2. The number of rotatable bonds is 3. The molecule has 28 heavy (non-hydrogen) atoms. The van der Waals surface area contributed by atoms with E-state index in [-0.39, 0.29) is 29.7 Å². The summed E-state index contributed by atoms with van der Waals surface area (Å²) in [6.45, 7) is 0. The van der Waals surface area contributed by atoms with Crippen LogP contribution < -0.4 is 4.90 Å². The molecule has 1 amide bonds. The summed E-state index contributed by atoms with van der Waals surface area (Å²) in [7, 11) is 0. The molecular formula is C21H17ClN2O4. The number of nitro benzene ring substituents is 1. The number of allylic oxidation sites excluding steroid dienone is 2. The summed E-state index contributed by atoms with van der Waals surface area (Å²) in [5, 5.41) is 11.5. The van der Waals surface area contributed by atoms with E-state index in [4.69, 9.17) is 11.6 Å². The molecule has 2 aromatic carbocycles. The third kappa shape index (κ3) is 3.20. The van der Waals surface area contributed by atoms with Crippen molar-refractivity contribution in [2.75, 3.05) is 4.90 Å². The summed E-state index contributed by atoms with van der Waals surface area (Å²) in [6, 6.07) is 13.1. The maximum Gasteiger partial charge on any atom is 0.269 e. The lowest BCUT2D eigenvalue weighted by molar-refractivity contribution is -0.384. The molecule has 2 aliphatic rings. The van der Waals surface area contributed by atoms with Crippen LogP contribution in [0, 0.1) is 10.1 Å². The fraction of sp³-hybridized carbons (Fsp3) is 0.238. The summed E-state index contributed by atoms with van der Waals surface area (Å²) >= 11 is 5.97. The number of hydrogen-bond donors (Lipinski definition) is 0. The molecule has 0 spiro atoms. The van der Waals surface area contributed by atoms with Gasteiger partial charge in [0.2, 0.25) is 5.91 Å². The molecule has 0 bridgehead atoms. The second-order valence-corrected chi connectivity index (χ2v) is 7.38. The van der Waals surface area contributed by atoms with Crippen LogP contribution in [0.4, 0.5) is 11.4 Å². The first-order valence-electron chi connectivity index (χ1n) is 9.05. The van der Waals surface area contributed by atoms with Gasteiger partial charge in [-0.3, -0.25) is 24.6 Å². The highest BCUT2D eigenvalue weighted by atomic mass is 35.5. The third-order valence-corrected chi connectivity index (χ3v) is 5.52. The van der Waals surface area contributed by atoms with Crippen LogP contribution in [0.2, 0.25) is 5.02 Å². The number of hydrogen-bond acceptors (Lipinski definition) is 4. The summed E-state index contributed by atoms with van der Waals surface area (Å²) < 4.78 is 0. The number of benzene rings is 2. The smallest absolute Gasteiger partial charge is 0.269 e. The Morgan fingerprint density at radius 1 is 1.00 bits per heavy atom. The summed E-state index contributed by atoms with van der Waals surface area (Å²) in [5.74, 6) is -0.435. The molecule has 0 saturated carbocycles. The van der Waals surface area contributed by atoms with E-state index in [0.717, 1.165) is 11.3 Å². The summed E-state index contributed by atoms with van der Waals surface area (Å²) in [4.78, 5) is 37.9. The van der Waals surface area contributed by atoms with Gasteiger partial charge in [-0.15, -0.1) is 0 Å². The van der Waals surface area contributed by atoms with Gasteiger partial charge in [0.05, 0.1) is 4.92 Å². The molecule has 2 aromatic rings. The number of anilines is 1. The van der Waals surface area contributed by atoms with E-state index in [1.807, 2.05) is 0 Å². The molecule has 0 aromatic heterocycles. The Hall–Kier alpha value is -2.99. The van der Waals surface area contributed by atoms with Crippen molar-refractivity contribution in [3.05, 3.63) is 80.5 Å². The van der Waals surface area contributed by atoms with Crippen molar-refractivity contribution in [1.29, 1.82) is 0 Å². The number of amides is 1. The lowest BCUT2D eigenvalue weighted by atomic mass is 9.77. The number of non-ortho nitro benzene ring substituents is 1. The molecule has 1 aliphatic carbocycles. The van der Waals surface area contributed by atoms with Gasteiger partial charge < -0.3 is 0 Å². The molecular weight excluding hydrogens is 380 g/mol. The fourth-order valence-electron chi connectivity index (χ4n) is 4.00. The first kappa shape index (κ1) is 18.4. The Morgan fingerprint density at radius 3 is 2.32 bits per heavy atom. The zero-order valence-corrected chi connectivity index (χ0v) is 15.7. The van der Waals surface area contributed by atoms with Crippen LogP contribution in [0.1, 0.15) is 37.2 Å². The number of nitro groups is 1. The zero-order valence-electron chi connectivity index (χ0n) is 14.9. The maximum absolute atomic E-state index is 13.0. The largest absolute Gasteiger partial charge is 0.294 e. The van der Waals surface area contributed by atoms with Crippen molar-refractivity contribution in [3.8, 4) is 0 Å². The Kier molecular flexibility index (Phi) is 4.73. The van der Waals surface area contributed by atoms with E-state index in [9.17, 15) is 19.7 Å². The minimum atomic E-state index is -0.464. The van der Waals surface area contributed by atoms with Crippen LogP contribution >= 0.6 is 11.6 Å². The van der Waals surface area contributed by atoms with Crippen molar-refractivity contribution in [2.45, 2.75) is 31.6 Å². The first-order valence-corrected chi connectivity index (χ1v) is 9.42. The van der Waals surface area contributed by atoms with Gasteiger partial charge in [0.15, 0.2) is 5.78 Å². The number of Topliss-reactive ketones (excluding diaryl/α,β-unsaturated/α-hetero) is 1. The Bertz CT molecular complexity index is 996. The molecule has 4 rings (SSSR count). The van der Waals surface area contributed by atoms with E-state index in [1.54, 1.807) is 41.3 Å². The molecule has 1 atom stereocenters. The van der Waals surface area contributed by atoms with Gasteiger partial charge in [-0.2, -0.15) is 0 Å². The second-order valence-electron chi connectivity index (χ2n) is 6.95. The lowest BCUT2D eigenvalue weighted by Gasteiger charge is -2.38. The molecule has 1 heterocycles. The molecule has 0 fully saturated rings. The van der Waals surface area contributed by atoms with Crippen molar-refractivity contribution in [2.24, 2.45) is 0 Å². The van der Waals surface area contributed by atoms with E-state index >= 15 is 0 Å². The van der Waals surface area contributed by atoms with Gasteiger partial charge in [-0.1, -0.05) is 23.7 Å². The highest BCUT2D eigenvalue weighted by Gasteiger charge is 2.39. The van der Waals surface area contributed by atoms with Crippen LogP contribution in [0.15, 0.2) is 59.8 Å². The number of carbonyl (C=O) groups excluding carboxylic acids is 2. The molecule has 0 saturated heterocycles. The molecule has 7 heteroatoms. The summed E-state index contributed by atoms with van der Waals surface area (Å²) in [6.07, 6.45) is 1.93. The van der Waals surface area contributed by atoms with Crippen LogP contribution in [-0.2, 0) is 9.59 Å². The van der Waals surface area contributed by atoms with E-state index in [0.29, 0.717) is 35.5 Å². The highest BCUT2D eigenvalue weighted by molar-refractivity contribution is 6.30. The fourth-order valence-corrected chi connectivity index (χ4v) is 4.12. The minimum Gasteiger partial charge on any atom is -0.294 e. The second kappa shape index (κ2) is 7.20. The van der Waals surface area contributed by atoms with Crippen molar-refractivity contribution in [3.63, 3.8) is 0 Å². The number of ketones is 1. The van der Waals surface area contributed by atoms with E-state index < -0.39 is 4.92 Å². The zero-order chi connectivity index (χ0) is 19.8. The first-order chi connectivity index (χ1) is 13.5. The van der Waals surface area contributed by atoms with E-state index in [2.05, 4.69) is 0 Å². The van der Waals surface area contributed by atoms with Gasteiger partial charge in [-0.05, 0) is 42.7 Å². The van der Waals surface area contributed by atoms with Crippen LogP contribution in [-0.4, -0.2) is 16.6 Å². The van der Waals surface area contributed by atoms with Crippen molar-refractivity contribution in [1.82, 2.24) is 0 Å². The Labute approximate surface area is 166 Å². The number of halogens is 1. The molecule has 0 radical (unpaired) electrons. The van der Waals surface area contributed by atoms with Crippen LogP contribution in [0.3, 0.4) is 0 Å². The normalized spacial score (nSPS) is 19.6. The average Bonchev–Trinajstić information content (AvgIpc) is 2.68. The van der Waals surface area contributed by atoms with Crippen LogP contribution in [0.25, 0.3) is 0 Å². The maximum atomic E-state index is 13.0. The average molecular weight is 397 g/mol. The molecule has 0 N–H and O–H groups in total. The van der Waals surface area contributed by atoms with Gasteiger partial charge in [0.1, 0.15) is 0 Å². The highest BCUT2D eigenvalue weighted by Crippen LogP contribution is 2.43. The predicted octanol–water partition coefficient (Wildman–Crippen LogP) is 4.78. The lowest BCUT2D eigenvalue weighted by Crippen LogP contribution is -2.40. The van der Waals surface area contributed by atoms with E-state index in [1.165, 1.54) is 12.1 Å². The third-order valence-electron chi connectivity index (χ3n) is 5.27. The molecule has 6 nitrogen and oxygen atoms in total. The predicted molar refractivity (Wildman–Crippen MR) is 105 cm³/mol. The van der Waals surface area contributed by atoms with Gasteiger partial charge in [0.25, 0.3) is 5.69 Å². The quantitative estimate of drug-likeness (QED) is 0.552.